The van der Waals surface area contributed by atoms with Crippen molar-refractivity contribution in [3.63, 3.8) is 0 Å². The number of hydrogen-bond acceptors (Lipinski definition) is 5. The second-order valence-electron chi connectivity index (χ2n) is 8.36. The van der Waals surface area contributed by atoms with Crippen molar-refractivity contribution in [3.05, 3.63) is 69.3 Å². The van der Waals surface area contributed by atoms with Gasteiger partial charge in [0.25, 0.3) is 0 Å². The second-order valence-corrected chi connectivity index (χ2v) is 8.77. The number of aldehydes is 1. The van der Waals surface area contributed by atoms with Crippen LogP contribution in [0.5, 0.6) is 0 Å². The number of rotatable bonds is 6. The fourth-order valence-electron chi connectivity index (χ4n) is 4.46. The van der Waals surface area contributed by atoms with Gasteiger partial charge < -0.3 is 19.2 Å². The summed E-state index contributed by atoms with van der Waals surface area (Å²) in [6, 6.07) is 9.76. The van der Waals surface area contributed by atoms with Crippen molar-refractivity contribution < 1.29 is 28.3 Å². The van der Waals surface area contributed by atoms with E-state index in [1.165, 1.54) is 29.2 Å². The van der Waals surface area contributed by atoms with Crippen LogP contribution in [0.1, 0.15) is 30.7 Å². The fourth-order valence-corrected chi connectivity index (χ4v) is 4.73. The van der Waals surface area contributed by atoms with Gasteiger partial charge in [-0.15, -0.1) is 0 Å². The number of carboxylic acid groups (broad SMARTS) is 1. The highest BCUT2D eigenvalue weighted by Crippen LogP contribution is 2.34. The highest BCUT2D eigenvalue weighted by Gasteiger charge is 2.31. The molecule has 4 rings (SSSR count). The first-order valence-electron chi connectivity index (χ1n) is 10.8. The Labute approximate surface area is 198 Å². The summed E-state index contributed by atoms with van der Waals surface area (Å²) in [5.74, 6) is -3.16. The standard InChI is InChI=1S/C25H21ClFNO6/c26-21-10-16(27)4-6-17(21)19-11-24(32)34-22-9-15(3-5-18(19)22)20(13-29)25(33)28-7-1-2-14(12-28)8-23(30)31/h3-6,9-11,13-14,20H,1-2,7-8,12H2,(H,30,31)/t14-,20+/m1/s1. The Hall–Kier alpha value is -3.52. The van der Waals surface area contributed by atoms with Crippen molar-refractivity contribution >= 4 is 40.7 Å². The van der Waals surface area contributed by atoms with Crippen LogP contribution in [0.3, 0.4) is 0 Å². The third-order valence-corrected chi connectivity index (χ3v) is 6.36. The van der Waals surface area contributed by atoms with Crippen LogP contribution in [-0.2, 0) is 14.4 Å². The fraction of sp³-hybridized carbons (Fsp3) is 0.280. The van der Waals surface area contributed by atoms with E-state index in [1.807, 2.05) is 0 Å². The molecule has 176 valence electrons. The molecule has 34 heavy (non-hydrogen) atoms. The molecule has 0 aliphatic carbocycles. The third-order valence-electron chi connectivity index (χ3n) is 6.05. The average molecular weight is 486 g/mol. The van der Waals surface area contributed by atoms with Crippen LogP contribution in [0.4, 0.5) is 4.39 Å². The van der Waals surface area contributed by atoms with E-state index in [0.717, 1.165) is 6.07 Å². The second kappa shape index (κ2) is 9.77. The maximum Gasteiger partial charge on any atom is 0.336 e. The monoisotopic (exact) mass is 485 g/mol. The highest BCUT2D eigenvalue weighted by molar-refractivity contribution is 6.33. The number of fused-ring (bicyclic) bond motifs is 1. The lowest BCUT2D eigenvalue weighted by atomic mass is 9.91. The number of amides is 1. The van der Waals surface area contributed by atoms with Crippen molar-refractivity contribution in [2.45, 2.75) is 25.2 Å². The van der Waals surface area contributed by atoms with Crippen LogP contribution in [-0.4, -0.2) is 41.3 Å². The van der Waals surface area contributed by atoms with Gasteiger partial charge in [-0.25, -0.2) is 9.18 Å². The molecule has 1 amide bonds. The molecule has 2 atom stereocenters. The molecule has 2 heterocycles. The van der Waals surface area contributed by atoms with Gasteiger partial charge in [-0.1, -0.05) is 23.7 Å². The molecule has 1 aromatic heterocycles. The molecule has 3 aromatic rings. The van der Waals surface area contributed by atoms with E-state index in [4.69, 9.17) is 21.1 Å². The molecule has 1 fully saturated rings. The van der Waals surface area contributed by atoms with E-state index < -0.39 is 29.2 Å². The van der Waals surface area contributed by atoms with Gasteiger partial charge in [0.15, 0.2) is 0 Å². The van der Waals surface area contributed by atoms with Crippen LogP contribution in [0.25, 0.3) is 22.1 Å². The Morgan fingerprint density at radius 1 is 1.21 bits per heavy atom. The average Bonchev–Trinajstić information content (AvgIpc) is 2.78. The summed E-state index contributed by atoms with van der Waals surface area (Å²) in [5.41, 5.74) is 0.709. The lowest BCUT2D eigenvalue weighted by Crippen LogP contribution is -2.43. The molecular formula is C25H21ClFNO6. The highest BCUT2D eigenvalue weighted by atomic mass is 35.5. The van der Waals surface area contributed by atoms with Gasteiger partial charge in [-0.3, -0.25) is 9.59 Å². The number of carbonyl (C=O) groups excluding carboxylic acids is 2. The summed E-state index contributed by atoms with van der Waals surface area (Å²) in [5, 5.41) is 9.69. The van der Waals surface area contributed by atoms with Crippen LogP contribution in [0, 0.1) is 11.7 Å². The van der Waals surface area contributed by atoms with Gasteiger partial charge in [0.05, 0.1) is 5.02 Å². The molecule has 0 saturated carbocycles. The predicted molar refractivity (Wildman–Crippen MR) is 123 cm³/mol. The van der Waals surface area contributed by atoms with E-state index in [-0.39, 0.29) is 29.5 Å². The molecule has 0 bridgehead atoms. The minimum absolute atomic E-state index is 0.0363. The summed E-state index contributed by atoms with van der Waals surface area (Å²) >= 11 is 6.19. The minimum Gasteiger partial charge on any atom is -0.481 e. The molecule has 2 aromatic carbocycles. The molecule has 0 radical (unpaired) electrons. The Bertz CT molecular complexity index is 1340. The Kier molecular flexibility index (Phi) is 6.79. The largest absolute Gasteiger partial charge is 0.481 e. The normalized spacial score (nSPS) is 16.9. The molecule has 0 spiro atoms. The quantitative estimate of drug-likeness (QED) is 0.318. The SMILES string of the molecule is O=C[C@H](C(=O)N1CCC[C@H](CC(=O)O)C1)c1ccc2c(-c3ccc(F)cc3Cl)cc(=O)oc2c1. The Morgan fingerprint density at radius 3 is 2.71 bits per heavy atom. The van der Waals surface area contributed by atoms with Crippen molar-refractivity contribution in [2.75, 3.05) is 13.1 Å². The summed E-state index contributed by atoms with van der Waals surface area (Å²) < 4.78 is 18.8. The number of aliphatic carboxylic acids is 1. The number of hydrogen-bond donors (Lipinski definition) is 1. The van der Waals surface area contributed by atoms with Gasteiger partial charge >= 0.3 is 11.6 Å². The first-order chi connectivity index (χ1) is 16.3. The Balaban J connectivity index is 1.69. The number of halogens is 2. The molecule has 1 aliphatic rings. The molecular weight excluding hydrogens is 465 g/mol. The van der Waals surface area contributed by atoms with Gasteiger partial charge in [0.2, 0.25) is 5.91 Å². The van der Waals surface area contributed by atoms with E-state index in [1.54, 1.807) is 12.1 Å². The zero-order valence-electron chi connectivity index (χ0n) is 18.0. The van der Waals surface area contributed by atoms with E-state index in [2.05, 4.69) is 0 Å². The molecule has 9 heteroatoms. The summed E-state index contributed by atoms with van der Waals surface area (Å²) in [6.07, 6.45) is 1.86. The lowest BCUT2D eigenvalue weighted by Gasteiger charge is -2.33. The number of nitrogens with zero attached hydrogens (tertiary/aromatic N) is 1. The van der Waals surface area contributed by atoms with Crippen LogP contribution < -0.4 is 5.63 Å². The van der Waals surface area contributed by atoms with Crippen LogP contribution >= 0.6 is 11.6 Å². The molecule has 1 N–H and O–H groups in total. The third kappa shape index (κ3) is 4.87. The van der Waals surface area contributed by atoms with E-state index in [9.17, 15) is 23.6 Å². The topological polar surface area (TPSA) is 105 Å². The zero-order valence-corrected chi connectivity index (χ0v) is 18.8. The number of carboxylic acids is 1. The molecule has 7 nitrogen and oxygen atoms in total. The minimum atomic E-state index is -1.13. The molecule has 1 aliphatic heterocycles. The van der Waals surface area contributed by atoms with Crippen molar-refractivity contribution in [1.29, 1.82) is 0 Å². The van der Waals surface area contributed by atoms with Crippen LogP contribution in [0.2, 0.25) is 5.02 Å². The van der Waals surface area contributed by atoms with Gasteiger partial charge in [0.1, 0.15) is 23.6 Å². The number of carbonyl (C=O) groups is 3. The predicted octanol–water partition coefficient (Wildman–Crippen LogP) is 4.25. The summed E-state index contributed by atoms with van der Waals surface area (Å²) in [7, 11) is 0. The number of benzene rings is 2. The van der Waals surface area contributed by atoms with Gasteiger partial charge in [-0.05, 0) is 48.6 Å². The molecule has 0 unspecified atom stereocenters. The smallest absolute Gasteiger partial charge is 0.336 e. The van der Waals surface area contributed by atoms with Crippen molar-refractivity contribution in [2.24, 2.45) is 5.92 Å². The first-order valence-corrected chi connectivity index (χ1v) is 11.1. The maximum atomic E-state index is 13.5. The number of piperidine rings is 1. The van der Waals surface area contributed by atoms with Crippen molar-refractivity contribution in [1.82, 2.24) is 4.90 Å². The summed E-state index contributed by atoms with van der Waals surface area (Å²) in [6.45, 7) is 0.709. The van der Waals surface area contributed by atoms with E-state index in [0.29, 0.717) is 47.7 Å². The van der Waals surface area contributed by atoms with Crippen molar-refractivity contribution in [3.8, 4) is 11.1 Å². The zero-order chi connectivity index (χ0) is 24.4. The lowest BCUT2D eigenvalue weighted by molar-refractivity contribution is -0.141. The van der Waals surface area contributed by atoms with Gasteiger partial charge in [-0.2, -0.15) is 0 Å². The first kappa shape index (κ1) is 23.6. The Morgan fingerprint density at radius 2 is 2.00 bits per heavy atom. The van der Waals surface area contributed by atoms with E-state index >= 15 is 0 Å². The summed E-state index contributed by atoms with van der Waals surface area (Å²) in [4.78, 5) is 49.9. The van der Waals surface area contributed by atoms with Gasteiger partial charge in [0, 0.05) is 42.1 Å². The van der Waals surface area contributed by atoms with Crippen LogP contribution in [0.15, 0.2) is 51.7 Å². The number of likely N-dealkylation sites (tertiary alicyclic amines) is 1. The molecule has 1 saturated heterocycles. The maximum absolute atomic E-state index is 13.5.